The first-order chi connectivity index (χ1) is 18.9. The summed E-state index contributed by atoms with van der Waals surface area (Å²) in [5, 5.41) is 1.78. The van der Waals surface area contributed by atoms with Gasteiger partial charge in [0, 0.05) is 54.5 Å². The van der Waals surface area contributed by atoms with Crippen LogP contribution in [0.4, 0.5) is 8.78 Å². The molecule has 1 saturated heterocycles. The fourth-order valence-corrected chi connectivity index (χ4v) is 5.83. The first-order valence-electron chi connectivity index (χ1n) is 13.3. The quantitative estimate of drug-likeness (QED) is 0.340. The van der Waals surface area contributed by atoms with E-state index in [0.717, 1.165) is 27.5 Å². The second-order valence-electron chi connectivity index (χ2n) is 10.5. The molecule has 0 N–H and O–H groups in total. The molecule has 0 aliphatic carbocycles. The van der Waals surface area contributed by atoms with Crippen molar-refractivity contribution in [2.24, 2.45) is 5.92 Å². The normalized spacial score (nSPS) is 18.6. The van der Waals surface area contributed by atoms with Gasteiger partial charge in [0.05, 0.1) is 6.54 Å². The van der Waals surface area contributed by atoms with E-state index in [1.54, 1.807) is 18.5 Å². The van der Waals surface area contributed by atoms with Crippen molar-refractivity contribution < 1.29 is 18.4 Å². The molecule has 4 aromatic rings. The Kier molecular flexibility index (Phi) is 6.59. The van der Waals surface area contributed by atoms with Crippen molar-refractivity contribution in [2.45, 2.75) is 31.7 Å². The minimum Gasteiger partial charge on any atom is -0.334 e. The average Bonchev–Trinajstić information content (AvgIpc) is 2.97. The van der Waals surface area contributed by atoms with Gasteiger partial charge >= 0.3 is 0 Å². The molecule has 0 bridgehead atoms. The summed E-state index contributed by atoms with van der Waals surface area (Å²) in [5.74, 6) is -4.14. The molecule has 5 nitrogen and oxygen atoms in total. The Bertz CT molecular complexity index is 1530. The molecule has 7 heteroatoms. The van der Waals surface area contributed by atoms with Gasteiger partial charge in [-0.2, -0.15) is 0 Å². The monoisotopic (exact) mass is 525 g/mol. The number of hydrogen-bond donors (Lipinski definition) is 0. The zero-order valence-electron chi connectivity index (χ0n) is 21.5. The SMILES string of the molecule is O=C(c1ccc2c(c1)CCN(C(=O)c1cccc3cnccc13)C2)N1CCC(Cc2ccccc2)C(F)(F)C1. The zero-order valence-corrected chi connectivity index (χ0v) is 21.5. The van der Waals surface area contributed by atoms with Crippen molar-refractivity contribution in [2.75, 3.05) is 19.6 Å². The lowest BCUT2D eigenvalue weighted by molar-refractivity contribution is -0.102. The summed E-state index contributed by atoms with van der Waals surface area (Å²) < 4.78 is 30.2. The van der Waals surface area contributed by atoms with Crippen molar-refractivity contribution in [3.05, 3.63) is 113 Å². The number of piperidine rings is 1. The van der Waals surface area contributed by atoms with E-state index in [1.807, 2.05) is 71.6 Å². The van der Waals surface area contributed by atoms with E-state index in [1.165, 1.54) is 4.90 Å². The van der Waals surface area contributed by atoms with E-state index in [-0.39, 0.29) is 18.2 Å². The van der Waals surface area contributed by atoms with Crippen LogP contribution in [0.5, 0.6) is 0 Å². The van der Waals surface area contributed by atoms with Crippen LogP contribution in [0, 0.1) is 5.92 Å². The molecule has 1 fully saturated rings. The zero-order chi connectivity index (χ0) is 27.0. The van der Waals surface area contributed by atoms with Crippen LogP contribution in [0.3, 0.4) is 0 Å². The van der Waals surface area contributed by atoms with Crippen molar-refractivity contribution in [1.82, 2.24) is 14.8 Å². The Morgan fingerprint density at radius 2 is 1.74 bits per heavy atom. The van der Waals surface area contributed by atoms with Gasteiger partial charge in [0.25, 0.3) is 17.7 Å². The summed E-state index contributed by atoms with van der Waals surface area (Å²) >= 11 is 0. The van der Waals surface area contributed by atoms with Crippen molar-refractivity contribution in [3.63, 3.8) is 0 Å². The predicted molar refractivity (Wildman–Crippen MR) is 146 cm³/mol. The van der Waals surface area contributed by atoms with E-state index in [4.69, 9.17) is 0 Å². The van der Waals surface area contributed by atoms with Gasteiger partial charge in [-0.1, -0.05) is 48.5 Å². The van der Waals surface area contributed by atoms with Gasteiger partial charge in [-0.3, -0.25) is 14.6 Å². The third-order valence-corrected chi connectivity index (χ3v) is 8.02. The number of halogens is 2. The fraction of sp³-hybridized carbons (Fsp3) is 0.281. The van der Waals surface area contributed by atoms with E-state index < -0.39 is 18.4 Å². The maximum Gasteiger partial charge on any atom is 0.268 e. The van der Waals surface area contributed by atoms with E-state index in [2.05, 4.69) is 4.98 Å². The molecule has 2 aliphatic heterocycles. The van der Waals surface area contributed by atoms with Crippen LogP contribution in [-0.4, -0.2) is 52.2 Å². The number of rotatable bonds is 4. The minimum atomic E-state index is -2.95. The van der Waals surface area contributed by atoms with Crippen LogP contribution in [0.25, 0.3) is 10.8 Å². The lowest BCUT2D eigenvalue weighted by Gasteiger charge is -2.38. The minimum absolute atomic E-state index is 0.0433. The summed E-state index contributed by atoms with van der Waals surface area (Å²) in [4.78, 5) is 33.9. The molecule has 3 heterocycles. The first kappa shape index (κ1) is 25.2. The number of pyridine rings is 1. The molecule has 198 valence electrons. The molecule has 0 saturated carbocycles. The van der Waals surface area contributed by atoms with Crippen LogP contribution in [0.15, 0.2) is 85.2 Å². The van der Waals surface area contributed by atoms with Gasteiger partial charge in [-0.05, 0) is 65.6 Å². The standard InChI is InChI=1S/C32H29F2N3O2/c33-32(34)21-37(16-13-27(32)17-22-5-2-1-3-6-22)30(38)24-9-10-26-20-36(15-12-23(26)18-24)31(39)29-8-4-7-25-19-35-14-11-28(25)29/h1-11,14,18-19,27H,12-13,15-17,20-21H2. The fourth-order valence-electron chi connectivity index (χ4n) is 5.83. The highest BCUT2D eigenvalue weighted by atomic mass is 19.3. The molecular formula is C32H29F2N3O2. The van der Waals surface area contributed by atoms with E-state index in [0.29, 0.717) is 43.6 Å². The van der Waals surface area contributed by atoms with Crippen molar-refractivity contribution in [1.29, 1.82) is 0 Å². The van der Waals surface area contributed by atoms with Gasteiger partial charge in [-0.15, -0.1) is 0 Å². The second kappa shape index (κ2) is 10.2. The summed E-state index contributed by atoms with van der Waals surface area (Å²) in [7, 11) is 0. The maximum atomic E-state index is 15.1. The number of likely N-dealkylation sites (tertiary alicyclic amines) is 1. The number of fused-ring (bicyclic) bond motifs is 2. The summed E-state index contributed by atoms with van der Waals surface area (Å²) in [6.07, 6.45) is 4.60. The number of hydrogen-bond acceptors (Lipinski definition) is 3. The summed E-state index contributed by atoms with van der Waals surface area (Å²) in [6, 6.07) is 22.2. The predicted octanol–water partition coefficient (Wildman–Crippen LogP) is 5.77. The number of alkyl halides is 2. The van der Waals surface area contributed by atoms with E-state index >= 15 is 8.78 Å². The largest absolute Gasteiger partial charge is 0.334 e. The first-order valence-corrected chi connectivity index (χ1v) is 13.3. The Hall–Kier alpha value is -4.13. The van der Waals surface area contributed by atoms with E-state index in [9.17, 15) is 9.59 Å². The number of carbonyl (C=O) groups excluding carboxylic acids is 2. The molecule has 3 aromatic carbocycles. The van der Waals surface area contributed by atoms with Crippen molar-refractivity contribution in [3.8, 4) is 0 Å². The summed E-state index contributed by atoms with van der Waals surface area (Å²) in [6.45, 7) is 0.704. The molecule has 0 spiro atoms. The number of amides is 2. The highest BCUT2D eigenvalue weighted by Crippen LogP contribution is 2.36. The van der Waals surface area contributed by atoms with Crippen LogP contribution in [0.2, 0.25) is 0 Å². The van der Waals surface area contributed by atoms with Crippen LogP contribution >= 0.6 is 0 Å². The van der Waals surface area contributed by atoms with Gasteiger partial charge in [0.1, 0.15) is 0 Å². The molecule has 1 unspecified atom stereocenters. The maximum absolute atomic E-state index is 15.1. The number of aromatic nitrogens is 1. The third-order valence-electron chi connectivity index (χ3n) is 8.02. The van der Waals surface area contributed by atoms with Crippen LogP contribution < -0.4 is 0 Å². The Morgan fingerprint density at radius 1 is 0.897 bits per heavy atom. The topological polar surface area (TPSA) is 53.5 Å². The average molecular weight is 526 g/mol. The molecule has 2 aliphatic rings. The molecule has 1 aromatic heterocycles. The molecule has 0 radical (unpaired) electrons. The van der Waals surface area contributed by atoms with Gasteiger partial charge in [0.2, 0.25) is 0 Å². The van der Waals surface area contributed by atoms with Crippen LogP contribution in [-0.2, 0) is 19.4 Å². The molecule has 2 amide bonds. The molecule has 1 atom stereocenters. The number of nitrogens with zero attached hydrogens (tertiary/aromatic N) is 3. The smallest absolute Gasteiger partial charge is 0.268 e. The van der Waals surface area contributed by atoms with Crippen molar-refractivity contribution >= 4 is 22.6 Å². The molecular weight excluding hydrogens is 496 g/mol. The number of benzene rings is 3. The summed E-state index contributed by atoms with van der Waals surface area (Å²) in [5.41, 5.74) is 3.91. The lowest BCUT2D eigenvalue weighted by atomic mass is 9.86. The Balaban J connectivity index is 1.14. The highest BCUT2D eigenvalue weighted by molar-refractivity contribution is 6.06. The van der Waals surface area contributed by atoms with Gasteiger partial charge < -0.3 is 9.80 Å². The lowest BCUT2D eigenvalue weighted by Crippen LogP contribution is -2.51. The van der Waals surface area contributed by atoms with Gasteiger partial charge in [-0.25, -0.2) is 8.78 Å². The second-order valence-corrected chi connectivity index (χ2v) is 10.5. The Morgan fingerprint density at radius 3 is 2.56 bits per heavy atom. The Labute approximate surface area is 226 Å². The van der Waals surface area contributed by atoms with Gasteiger partial charge in [0.15, 0.2) is 0 Å². The highest BCUT2D eigenvalue weighted by Gasteiger charge is 2.45. The third kappa shape index (κ3) is 5.01. The molecule has 39 heavy (non-hydrogen) atoms. The van der Waals surface area contributed by atoms with Crippen LogP contribution in [0.1, 0.15) is 43.8 Å². The number of carbonyl (C=O) groups is 2. The molecule has 6 rings (SSSR count).